The summed E-state index contributed by atoms with van der Waals surface area (Å²) in [5, 5.41) is 2.48. The Hall–Kier alpha value is -3.90. The molecular weight excluding hydrogens is 525 g/mol. The van der Waals surface area contributed by atoms with E-state index in [0.29, 0.717) is 22.9 Å². The van der Waals surface area contributed by atoms with Crippen LogP contribution in [-0.2, 0) is 21.4 Å². The molecule has 1 N–H and O–H groups in total. The van der Waals surface area contributed by atoms with Crippen molar-refractivity contribution in [3.8, 4) is 11.3 Å². The molecule has 2 heterocycles. The number of anilines is 2. The van der Waals surface area contributed by atoms with Crippen molar-refractivity contribution >= 4 is 39.1 Å². The number of amides is 1. The maximum absolute atomic E-state index is 13.8. The van der Waals surface area contributed by atoms with Crippen LogP contribution in [0.4, 0.5) is 24.5 Å². The van der Waals surface area contributed by atoms with Gasteiger partial charge in [-0.1, -0.05) is 42.1 Å². The first-order chi connectivity index (χ1) is 17.7. The fourth-order valence-corrected chi connectivity index (χ4v) is 6.00. The Balaban J connectivity index is 1.40. The molecule has 7 nitrogen and oxygen atoms in total. The third kappa shape index (κ3) is 5.02. The van der Waals surface area contributed by atoms with E-state index in [4.69, 9.17) is 0 Å². The average Bonchev–Trinajstić information content (AvgIpc) is 2.87. The normalized spacial score (nSPS) is 13.5. The first-order valence-electron chi connectivity index (χ1n) is 10.8. The minimum atomic E-state index is -4.08. The molecule has 1 aromatic heterocycles. The lowest BCUT2D eigenvalue weighted by atomic mass is 10.1. The predicted molar refractivity (Wildman–Crippen MR) is 133 cm³/mol. The standard InChI is InChI=1S/C25H17F3N4O3S2/c26-16-5-3-4-15(10-16)13-32-21-7-2-1-6-18(21)24-22(37(32,34)35)12-29-25(31-24)36-14-23(33)30-20-9-8-17(27)11-19(20)28/h1-12H,13-14H2,(H,30,33). The number of nitrogens with one attached hydrogen (secondary N) is 1. The van der Waals surface area contributed by atoms with Gasteiger partial charge in [0.25, 0.3) is 10.0 Å². The lowest BCUT2D eigenvalue weighted by molar-refractivity contribution is -0.113. The number of benzene rings is 3. The summed E-state index contributed by atoms with van der Waals surface area (Å²) in [4.78, 5) is 20.7. The molecule has 0 bridgehead atoms. The number of carbonyl (C=O) groups is 1. The molecule has 1 aliphatic rings. The van der Waals surface area contributed by atoms with Crippen molar-refractivity contribution in [1.82, 2.24) is 9.97 Å². The van der Waals surface area contributed by atoms with Crippen molar-refractivity contribution < 1.29 is 26.4 Å². The Morgan fingerprint density at radius 1 is 0.973 bits per heavy atom. The third-order valence-corrected chi connectivity index (χ3v) is 8.10. The van der Waals surface area contributed by atoms with Crippen LogP contribution in [0.15, 0.2) is 83.0 Å². The molecule has 0 aliphatic carbocycles. The summed E-state index contributed by atoms with van der Waals surface area (Å²) < 4.78 is 68.8. The second kappa shape index (κ2) is 9.87. The number of hydrogen-bond acceptors (Lipinski definition) is 6. The second-order valence-corrected chi connectivity index (χ2v) is 10.8. The van der Waals surface area contributed by atoms with Gasteiger partial charge < -0.3 is 5.32 Å². The zero-order chi connectivity index (χ0) is 26.2. The molecule has 0 saturated carbocycles. The summed E-state index contributed by atoms with van der Waals surface area (Å²) in [6.07, 6.45) is 1.17. The largest absolute Gasteiger partial charge is 0.323 e. The zero-order valence-corrected chi connectivity index (χ0v) is 20.5. The van der Waals surface area contributed by atoms with E-state index in [1.54, 1.807) is 30.3 Å². The van der Waals surface area contributed by atoms with Crippen LogP contribution in [0.25, 0.3) is 11.3 Å². The van der Waals surface area contributed by atoms with E-state index in [2.05, 4.69) is 15.3 Å². The lowest BCUT2D eigenvalue weighted by Crippen LogP contribution is -2.34. The molecule has 0 spiro atoms. The summed E-state index contributed by atoms with van der Waals surface area (Å²) in [5.41, 5.74) is 1.38. The van der Waals surface area contributed by atoms with Crippen LogP contribution in [0.1, 0.15) is 5.56 Å². The quantitative estimate of drug-likeness (QED) is 0.272. The fraction of sp³-hybridized carbons (Fsp3) is 0.0800. The van der Waals surface area contributed by atoms with E-state index in [0.717, 1.165) is 23.9 Å². The molecule has 0 unspecified atom stereocenters. The number of sulfonamides is 1. The number of halogens is 3. The van der Waals surface area contributed by atoms with Crippen molar-refractivity contribution in [2.45, 2.75) is 16.6 Å². The van der Waals surface area contributed by atoms with E-state index < -0.39 is 33.4 Å². The van der Waals surface area contributed by atoms with Gasteiger partial charge in [0.2, 0.25) is 5.91 Å². The molecule has 4 aromatic rings. The number of para-hydroxylation sites is 1. The highest BCUT2D eigenvalue weighted by Gasteiger charge is 2.36. The highest BCUT2D eigenvalue weighted by atomic mass is 32.2. The molecule has 37 heavy (non-hydrogen) atoms. The lowest BCUT2D eigenvalue weighted by Gasteiger charge is -2.31. The summed E-state index contributed by atoms with van der Waals surface area (Å²) in [6.45, 7) is -0.0901. The smallest absolute Gasteiger partial charge is 0.268 e. The van der Waals surface area contributed by atoms with Gasteiger partial charge in [-0.3, -0.25) is 9.10 Å². The van der Waals surface area contributed by atoms with Gasteiger partial charge in [-0.05, 0) is 35.9 Å². The summed E-state index contributed by atoms with van der Waals surface area (Å²) in [7, 11) is -4.08. The van der Waals surface area contributed by atoms with Crippen LogP contribution < -0.4 is 9.62 Å². The number of carbonyl (C=O) groups excluding carboxylic acids is 1. The SMILES string of the molecule is O=C(CSc1ncc2c(n1)-c1ccccc1N(Cc1cccc(F)c1)S2(=O)=O)Nc1ccc(F)cc1F. The number of rotatable bonds is 6. The van der Waals surface area contributed by atoms with Gasteiger partial charge in [-0.15, -0.1) is 0 Å². The Morgan fingerprint density at radius 3 is 2.54 bits per heavy atom. The first kappa shape index (κ1) is 24.8. The van der Waals surface area contributed by atoms with Crippen LogP contribution in [-0.4, -0.2) is 30.0 Å². The first-order valence-corrected chi connectivity index (χ1v) is 13.3. The van der Waals surface area contributed by atoms with Gasteiger partial charge in [-0.2, -0.15) is 0 Å². The van der Waals surface area contributed by atoms with Gasteiger partial charge >= 0.3 is 0 Å². The fourth-order valence-electron chi connectivity index (χ4n) is 3.82. The predicted octanol–water partition coefficient (Wildman–Crippen LogP) is 5.00. The van der Waals surface area contributed by atoms with Crippen LogP contribution in [0, 0.1) is 17.5 Å². The molecule has 0 saturated heterocycles. The Labute approximate surface area is 214 Å². The van der Waals surface area contributed by atoms with Crippen LogP contribution in [0.2, 0.25) is 0 Å². The minimum absolute atomic E-state index is 0.0901. The van der Waals surface area contributed by atoms with E-state index in [1.165, 1.54) is 28.7 Å². The number of fused-ring (bicyclic) bond motifs is 3. The number of thioether (sulfide) groups is 1. The molecule has 1 amide bonds. The van der Waals surface area contributed by atoms with Crippen LogP contribution in [0.5, 0.6) is 0 Å². The van der Waals surface area contributed by atoms with Gasteiger partial charge in [0, 0.05) is 11.6 Å². The maximum atomic E-state index is 13.8. The highest BCUT2D eigenvalue weighted by Crippen LogP contribution is 2.42. The van der Waals surface area contributed by atoms with E-state index in [9.17, 15) is 26.4 Å². The van der Waals surface area contributed by atoms with Crippen LogP contribution in [0.3, 0.4) is 0 Å². The van der Waals surface area contributed by atoms with E-state index in [1.807, 2.05) is 0 Å². The van der Waals surface area contributed by atoms with Gasteiger partial charge in [0.1, 0.15) is 22.3 Å². The number of aromatic nitrogens is 2. The maximum Gasteiger partial charge on any atom is 0.268 e. The zero-order valence-electron chi connectivity index (χ0n) is 18.9. The van der Waals surface area contributed by atoms with Crippen molar-refractivity contribution in [3.05, 3.63) is 95.9 Å². The molecule has 1 aliphatic heterocycles. The molecule has 0 fully saturated rings. The third-order valence-electron chi connectivity index (χ3n) is 5.48. The molecule has 0 atom stereocenters. The molecule has 3 aromatic carbocycles. The van der Waals surface area contributed by atoms with E-state index >= 15 is 0 Å². The number of nitrogens with zero attached hydrogens (tertiary/aromatic N) is 3. The van der Waals surface area contributed by atoms with Gasteiger partial charge in [-0.25, -0.2) is 31.6 Å². The van der Waals surface area contributed by atoms with Crippen molar-refractivity contribution in [3.63, 3.8) is 0 Å². The van der Waals surface area contributed by atoms with Crippen molar-refractivity contribution in [2.24, 2.45) is 0 Å². The van der Waals surface area contributed by atoms with Gasteiger partial charge in [0.05, 0.1) is 35.6 Å². The monoisotopic (exact) mass is 542 g/mol. The summed E-state index contributed by atoms with van der Waals surface area (Å²) in [5.74, 6) is -2.93. The molecule has 0 radical (unpaired) electrons. The second-order valence-electron chi connectivity index (χ2n) is 7.99. The Kier molecular flexibility index (Phi) is 6.61. The average molecular weight is 543 g/mol. The summed E-state index contributed by atoms with van der Waals surface area (Å²) in [6, 6.07) is 15.3. The molecule has 188 valence electrons. The van der Waals surface area contributed by atoms with Gasteiger partial charge in [0.15, 0.2) is 5.16 Å². The molecule has 12 heteroatoms. The Morgan fingerprint density at radius 2 is 1.76 bits per heavy atom. The molecule has 5 rings (SSSR count). The van der Waals surface area contributed by atoms with E-state index in [-0.39, 0.29) is 33.7 Å². The van der Waals surface area contributed by atoms with Crippen molar-refractivity contribution in [1.29, 1.82) is 0 Å². The minimum Gasteiger partial charge on any atom is -0.323 e. The van der Waals surface area contributed by atoms with Crippen LogP contribution >= 0.6 is 11.8 Å². The highest BCUT2D eigenvalue weighted by molar-refractivity contribution is 7.99. The molecular formula is C25H17F3N4O3S2. The summed E-state index contributed by atoms with van der Waals surface area (Å²) >= 11 is 0.929. The topological polar surface area (TPSA) is 92.3 Å². The number of hydrogen-bond donors (Lipinski definition) is 1. The van der Waals surface area contributed by atoms with Crippen molar-refractivity contribution in [2.75, 3.05) is 15.4 Å². The Bertz CT molecular complexity index is 1630.